The molecule has 0 radical (unpaired) electrons. The topological polar surface area (TPSA) is 57.7 Å². The van der Waals surface area contributed by atoms with Crippen LogP contribution in [0.2, 0.25) is 5.02 Å². The lowest BCUT2D eigenvalue weighted by atomic mass is 10.0. The van der Waals surface area contributed by atoms with E-state index in [-0.39, 0.29) is 25.9 Å². The minimum Gasteiger partial charge on any atom is -0.274 e. The van der Waals surface area contributed by atoms with Gasteiger partial charge in [-0.1, -0.05) is 17.7 Å². The highest BCUT2D eigenvalue weighted by Crippen LogP contribution is 2.29. The molecule has 1 fully saturated rings. The zero-order chi connectivity index (χ0) is 26.1. The summed E-state index contributed by atoms with van der Waals surface area (Å²) in [7, 11) is 0. The molecule has 5 nitrogen and oxygen atoms in total. The maximum atomic E-state index is 14.7. The fraction of sp³-hybridized carbons (Fsp3) is 0.348. The average molecular weight is 521 g/mol. The second-order valence-corrected chi connectivity index (χ2v) is 8.84. The molecular formula is C23H19ClF6N2O3. The SMILES string of the molecule is Cc1cc(F)cc(CC(F)(F)CN2C(=O)CC(=O)N(CC(F)(F)Cc3cc(F)cc(Cl)c3)C2=O)c1. The van der Waals surface area contributed by atoms with E-state index in [9.17, 15) is 40.7 Å². The smallest absolute Gasteiger partial charge is 0.274 e. The normalized spacial score (nSPS) is 15.3. The van der Waals surface area contributed by atoms with Crippen LogP contribution in [0.15, 0.2) is 36.4 Å². The van der Waals surface area contributed by atoms with Crippen molar-refractivity contribution in [2.24, 2.45) is 0 Å². The van der Waals surface area contributed by atoms with E-state index in [1.807, 2.05) is 0 Å². The number of carbonyl (C=O) groups excluding carboxylic acids is 3. The van der Waals surface area contributed by atoms with E-state index < -0.39 is 73.7 Å². The predicted molar refractivity (Wildman–Crippen MR) is 113 cm³/mol. The molecule has 1 saturated heterocycles. The van der Waals surface area contributed by atoms with E-state index in [1.165, 1.54) is 13.0 Å². The van der Waals surface area contributed by atoms with Gasteiger partial charge in [0.05, 0.1) is 13.1 Å². The van der Waals surface area contributed by atoms with E-state index >= 15 is 0 Å². The Morgan fingerprint density at radius 2 is 1.23 bits per heavy atom. The van der Waals surface area contributed by atoms with E-state index in [0.29, 0.717) is 5.56 Å². The van der Waals surface area contributed by atoms with Gasteiger partial charge in [-0.15, -0.1) is 0 Å². The highest BCUT2D eigenvalue weighted by atomic mass is 35.5. The van der Waals surface area contributed by atoms with Crippen LogP contribution in [0.3, 0.4) is 0 Å². The van der Waals surface area contributed by atoms with Gasteiger partial charge in [-0.3, -0.25) is 19.4 Å². The molecule has 3 rings (SSSR count). The number of nitrogens with zero attached hydrogens (tertiary/aromatic N) is 2. The lowest BCUT2D eigenvalue weighted by molar-refractivity contribution is -0.149. The van der Waals surface area contributed by atoms with Crippen molar-refractivity contribution >= 4 is 29.4 Å². The number of barbiturate groups is 1. The number of hydrogen-bond acceptors (Lipinski definition) is 3. The number of amides is 4. The van der Waals surface area contributed by atoms with Crippen LogP contribution in [0.5, 0.6) is 0 Å². The lowest BCUT2D eigenvalue weighted by Crippen LogP contribution is -2.60. The first-order valence-corrected chi connectivity index (χ1v) is 10.6. The summed E-state index contributed by atoms with van der Waals surface area (Å²) in [6, 6.07) is 4.43. The van der Waals surface area contributed by atoms with E-state index in [0.717, 1.165) is 30.3 Å². The summed E-state index contributed by atoms with van der Waals surface area (Å²) in [6.45, 7) is -1.52. The van der Waals surface area contributed by atoms with Gasteiger partial charge in [0, 0.05) is 17.9 Å². The van der Waals surface area contributed by atoms with Crippen LogP contribution in [-0.2, 0) is 22.4 Å². The van der Waals surface area contributed by atoms with Gasteiger partial charge in [0.2, 0.25) is 11.8 Å². The van der Waals surface area contributed by atoms with E-state index in [4.69, 9.17) is 11.6 Å². The number of hydrogen-bond donors (Lipinski definition) is 0. The van der Waals surface area contributed by atoms with Crippen LogP contribution in [-0.4, -0.2) is 52.6 Å². The summed E-state index contributed by atoms with van der Waals surface area (Å²) in [5, 5.41) is -0.145. The molecule has 4 amide bonds. The Kier molecular flexibility index (Phi) is 7.49. The lowest BCUT2D eigenvalue weighted by Gasteiger charge is -2.36. The first-order chi connectivity index (χ1) is 16.1. The van der Waals surface area contributed by atoms with Gasteiger partial charge in [0.1, 0.15) is 18.1 Å². The molecule has 0 aromatic heterocycles. The predicted octanol–water partition coefficient (Wildman–Crippen LogP) is 5.16. The first-order valence-electron chi connectivity index (χ1n) is 10.3. The standard InChI is InChI=1S/C23H19ClF6N2O3/c1-13-2-14(5-17(25)3-13)9-22(27,28)11-31-19(33)8-20(34)32(21(31)35)12-23(29,30)10-15-4-16(24)7-18(26)6-15/h2-7H,8-12H2,1H3. The third-order valence-electron chi connectivity index (χ3n) is 5.10. The maximum absolute atomic E-state index is 14.7. The molecule has 0 N–H and O–H groups in total. The summed E-state index contributed by atoms with van der Waals surface area (Å²) in [5.41, 5.74) is 0.0545. The van der Waals surface area contributed by atoms with Crippen molar-refractivity contribution in [3.63, 3.8) is 0 Å². The molecule has 0 unspecified atom stereocenters. The van der Waals surface area contributed by atoms with Gasteiger partial charge in [0.15, 0.2) is 0 Å². The molecule has 0 atom stereocenters. The van der Waals surface area contributed by atoms with Crippen LogP contribution in [0.25, 0.3) is 0 Å². The van der Waals surface area contributed by atoms with E-state index in [2.05, 4.69) is 0 Å². The van der Waals surface area contributed by atoms with Crippen LogP contribution >= 0.6 is 11.6 Å². The molecule has 35 heavy (non-hydrogen) atoms. The minimum atomic E-state index is -3.78. The number of rotatable bonds is 8. The van der Waals surface area contributed by atoms with E-state index in [1.54, 1.807) is 0 Å². The van der Waals surface area contributed by atoms with Gasteiger partial charge in [-0.05, 0) is 53.9 Å². The van der Waals surface area contributed by atoms with Crippen LogP contribution in [0.1, 0.15) is 23.1 Å². The highest BCUT2D eigenvalue weighted by Gasteiger charge is 2.46. The molecular weight excluding hydrogens is 502 g/mol. The van der Waals surface area contributed by atoms with Gasteiger partial charge in [-0.2, -0.15) is 0 Å². The summed E-state index contributed by atoms with van der Waals surface area (Å²) in [6.07, 6.45) is -3.21. The number of alkyl halides is 4. The van der Waals surface area contributed by atoms with Gasteiger partial charge < -0.3 is 0 Å². The molecule has 0 spiro atoms. The quantitative estimate of drug-likeness (QED) is 0.357. The fourth-order valence-electron chi connectivity index (χ4n) is 3.79. The Hall–Kier alpha value is -3.08. The molecule has 12 heteroatoms. The molecule has 1 aliphatic rings. The Morgan fingerprint density at radius 1 is 0.771 bits per heavy atom. The number of halogens is 7. The number of imide groups is 2. The minimum absolute atomic E-state index is 0.0186. The monoisotopic (exact) mass is 520 g/mol. The van der Waals surface area contributed by atoms with Crippen molar-refractivity contribution in [3.05, 3.63) is 69.7 Å². The van der Waals surface area contributed by atoms with Crippen LogP contribution < -0.4 is 0 Å². The number of urea groups is 1. The molecule has 188 valence electrons. The Labute approximate surface area is 201 Å². The van der Waals surface area contributed by atoms with Crippen molar-refractivity contribution in [1.29, 1.82) is 0 Å². The molecule has 0 saturated carbocycles. The van der Waals surface area contributed by atoms with Crippen LogP contribution in [0.4, 0.5) is 31.1 Å². The van der Waals surface area contributed by atoms with Crippen molar-refractivity contribution in [3.8, 4) is 0 Å². The number of benzene rings is 2. The number of aryl methyl sites for hydroxylation is 1. The van der Waals surface area contributed by atoms with Gasteiger partial charge >= 0.3 is 6.03 Å². The molecule has 1 aliphatic heterocycles. The van der Waals surface area contributed by atoms with Crippen molar-refractivity contribution in [2.45, 2.75) is 38.0 Å². The second-order valence-electron chi connectivity index (χ2n) is 8.40. The molecule has 2 aromatic carbocycles. The Balaban J connectivity index is 1.75. The van der Waals surface area contributed by atoms with Crippen molar-refractivity contribution in [1.82, 2.24) is 9.80 Å². The zero-order valence-corrected chi connectivity index (χ0v) is 19.0. The number of carbonyl (C=O) groups is 3. The third kappa shape index (κ3) is 6.97. The van der Waals surface area contributed by atoms with Crippen LogP contribution in [0, 0.1) is 18.6 Å². The Morgan fingerprint density at radius 3 is 1.69 bits per heavy atom. The molecule has 2 aromatic rings. The summed E-state index contributed by atoms with van der Waals surface area (Å²) in [4.78, 5) is 37.0. The third-order valence-corrected chi connectivity index (χ3v) is 5.31. The average Bonchev–Trinajstić information content (AvgIpc) is 2.66. The Bertz CT molecular complexity index is 1050. The molecule has 0 bridgehead atoms. The van der Waals surface area contributed by atoms with Crippen molar-refractivity contribution in [2.75, 3.05) is 13.1 Å². The summed E-state index contributed by atoms with van der Waals surface area (Å²) < 4.78 is 85.6. The second kappa shape index (κ2) is 9.88. The van der Waals surface area contributed by atoms with Gasteiger partial charge in [-0.25, -0.2) is 31.1 Å². The summed E-state index contributed by atoms with van der Waals surface area (Å²) in [5.74, 6) is -11.7. The molecule has 1 heterocycles. The largest absolute Gasteiger partial charge is 0.333 e. The first kappa shape index (κ1) is 26.5. The molecule has 0 aliphatic carbocycles. The zero-order valence-electron chi connectivity index (χ0n) is 18.3. The maximum Gasteiger partial charge on any atom is 0.333 e. The summed E-state index contributed by atoms with van der Waals surface area (Å²) >= 11 is 5.65. The van der Waals surface area contributed by atoms with Crippen molar-refractivity contribution < 1.29 is 40.7 Å². The fourth-order valence-corrected chi connectivity index (χ4v) is 4.03. The van der Waals surface area contributed by atoms with Gasteiger partial charge in [0.25, 0.3) is 11.8 Å². The highest BCUT2D eigenvalue weighted by molar-refractivity contribution is 6.30.